The molecular formula is C15H19Br4N5. The molecule has 132 valence electrons. The second-order valence-electron chi connectivity index (χ2n) is 5.99. The normalized spacial score (nSPS) is 16.9. The van der Waals surface area contributed by atoms with Crippen molar-refractivity contribution in [2.45, 2.75) is 6.42 Å². The van der Waals surface area contributed by atoms with Crippen LogP contribution in [-0.4, -0.2) is 66.1 Å². The number of piperazine rings is 1. The van der Waals surface area contributed by atoms with E-state index in [4.69, 9.17) is 0 Å². The standard InChI is InChI=1S/C15H19Br4N5/c1-23-5-7-24(8-6-23)4-2-3-20-15-21-13-11(18)9(16)10(17)12(19)14(13)22-15/h2-8H2,1H3,(H2,20,21,22). The first-order valence-corrected chi connectivity index (χ1v) is 11.0. The van der Waals surface area contributed by atoms with Crippen LogP contribution in [-0.2, 0) is 0 Å². The molecule has 5 nitrogen and oxygen atoms in total. The Kier molecular flexibility index (Phi) is 6.64. The third-order valence-corrected chi connectivity index (χ3v) is 9.00. The molecule has 0 aliphatic carbocycles. The van der Waals surface area contributed by atoms with Gasteiger partial charge in [0.2, 0.25) is 5.95 Å². The molecule has 1 saturated heterocycles. The van der Waals surface area contributed by atoms with Crippen LogP contribution in [0.25, 0.3) is 11.0 Å². The van der Waals surface area contributed by atoms with Crippen LogP contribution < -0.4 is 5.32 Å². The minimum absolute atomic E-state index is 0.801. The predicted octanol–water partition coefficient (Wildman–Crippen LogP) is 4.66. The van der Waals surface area contributed by atoms with E-state index >= 15 is 0 Å². The van der Waals surface area contributed by atoms with Gasteiger partial charge in [0.25, 0.3) is 0 Å². The molecular weight excluding hydrogens is 570 g/mol. The van der Waals surface area contributed by atoms with Crippen molar-refractivity contribution in [1.29, 1.82) is 0 Å². The van der Waals surface area contributed by atoms with Crippen LogP contribution in [0.2, 0.25) is 0 Å². The summed E-state index contributed by atoms with van der Waals surface area (Å²) in [7, 11) is 2.19. The minimum Gasteiger partial charge on any atom is -0.356 e. The molecule has 0 unspecified atom stereocenters. The summed E-state index contributed by atoms with van der Waals surface area (Å²) in [5.41, 5.74) is 1.87. The number of aromatic amines is 1. The molecule has 0 saturated carbocycles. The van der Waals surface area contributed by atoms with E-state index in [2.05, 4.69) is 95.9 Å². The Labute approximate surface area is 175 Å². The van der Waals surface area contributed by atoms with Crippen molar-refractivity contribution < 1.29 is 0 Å². The molecule has 1 aromatic heterocycles. The second-order valence-corrected chi connectivity index (χ2v) is 9.16. The van der Waals surface area contributed by atoms with Gasteiger partial charge in [-0.2, -0.15) is 0 Å². The molecule has 1 aliphatic heterocycles. The number of rotatable bonds is 5. The Morgan fingerprint density at radius 3 is 2.38 bits per heavy atom. The number of halogens is 4. The van der Waals surface area contributed by atoms with E-state index in [1.54, 1.807) is 0 Å². The van der Waals surface area contributed by atoms with Crippen molar-refractivity contribution >= 4 is 80.7 Å². The number of H-pyrrole nitrogens is 1. The van der Waals surface area contributed by atoms with Crippen molar-refractivity contribution in [1.82, 2.24) is 19.8 Å². The van der Waals surface area contributed by atoms with Gasteiger partial charge >= 0.3 is 0 Å². The number of aromatic nitrogens is 2. The van der Waals surface area contributed by atoms with Crippen molar-refractivity contribution in [3.63, 3.8) is 0 Å². The van der Waals surface area contributed by atoms with Crippen molar-refractivity contribution in [3.05, 3.63) is 17.9 Å². The SMILES string of the molecule is CN1CCN(CCCNc2nc3c(Br)c(Br)c(Br)c(Br)c3[nH]2)CC1. The fourth-order valence-electron chi connectivity index (χ4n) is 2.76. The zero-order valence-electron chi connectivity index (χ0n) is 13.3. The first-order chi connectivity index (χ1) is 11.5. The maximum absolute atomic E-state index is 4.65. The van der Waals surface area contributed by atoms with E-state index < -0.39 is 0 Å². The topological polar surface area (TPSA) is 47.2 Å². The highest BCUT2D eigenvalue weighted by atomic mass is 79.9. The highest BCUT2D eigenvalue weighted by Crippen LogP contribution is 2.42. The molecule has 3 rings (SSSR count). The maximum atomic E-state index is 4.65. The number of anilines is 1. The van der Waals surface area contributed by atoms with E-state index in [1.807, 2.05) is 0 Å². The van der Waals surface area contributed by atoms with Crippen molar-refractivity contribution in [2.24, 2.45) is 0 Å². The summed E-state index contributed by atoms with van der Waals surface area (Å²) in [5, 5.41) is 3.40. The van der Waals surface area contributed by atoms with Gasteiger partial charge in [0.05, 0.1) is 14.5 Å². The molecule has 0 bridgehead atoms. The molecule has 2 heterocycles. The minimum atomic E-state index is 0.801. The van der Waals surface area contributed by atoms with E-state index in [0.717, 1.165) is 54.4 Å². The first kappa shape index (κ1) is 19.1. The Balaban J connectivity index is 1.58. The summed E-state index contributed by atoms with van der Waals surface area (Å²) in [5.74, 6) is 0.801. The Bertz CT molecular complexity index is 679. The molecule has 0 atom stereocenters. The summed E-state index contributed by atoms with van der Waals surface area (Å²) in [6, 6.07) is 0. The summed E-state index contributed by atoms with van der Waals surface area (Å²) < 4.78 is 3.82. The fraction of sp³-hybridized carbons (Fsp3) is 0.533. The number of benzene rings is 1. The zero-order chi connectivity index (χ0) is 17.3. The summed E-state index contributed by atoms with van der Waals surface area (Å²) in [6.45, 7) is 6.72. The first-order valence-electron chi connectivity index (χ1n) is 7.84. The molecule has 1 aliphatic rings. The number of nitrogens with one attached hydrogen (secondary N) is 2. The lowest BCUT2D eigenvalue weighted by molar-refractivity contribution is 0.154. The quantitative estimate of drug-likeness (QED) is 0.303. The molecule has 1 fully saturated rings. The van der Waals surface area contributed by atoms with E-state index in [9.17, 15) is 0 Å². The predicted molar refractivity (Wildman–Crippen MR) is 114 cm³/mol. The van der Waals surface area contributed by atoms with Crippen LogP contribution in [0.1, 0.15) is 6.42 Å². The number of likely N-dealkylation sites (N-methyl/N-ethyl adjacent to an activating group) is 1. The van der Waals surface area contributed by atoms with Crippen LogP contribution >= 0.6 is 63.7 Å². The number of hydrogen-bond donors (Lipinski definition) is 2. The van der Waals surface area contributed by atoms with Crippen LogP contribution in [0.5, 0.6) is 0 Å². The molecule has 24 heavy (non-hydrogen) atoms. The van der Waals surface area contributed by atoms with Crippen LogP contribution in [0.4, 0.5) is 5.95 Å². The average molecular weight is 589 g/mol. The van der Waals surface area contributed by atoms with Gasteiger partial charge in [0.1, 0.15) is 5.52 Å². The van der Waals surface area contributed by atoms with E-state index in [-0.39, 0.29) is 0 Å². The molecule has 9 heteroatoms. The van der Waals surface area contributed by atoms with Gasteiger partial charge in [-0.15, -0.1) is 0 Å². The van der Waals surface area contributed by atoms with Gasteiger partial charge in [0, 0.05) is 41.7 Å². The average Bonchev–Trinajstić information content (AvgIpc) is 3.01. The van der Waals surface area contributed by atoms with Crippen LogP contribution in [0.15, 0.2) is 17.9 Å². The highest BCUT2D eigenvalue weighted by Gasteiger charge is 2.17. The summed E-state index contributed by atoms with van der Waals surface area (Å²) >= 11 is 14.3. The van der Waals surface area contributed by atoms with E-state index in [0.29, 0.717) is 0 Å². The molecule has 0 spiro atoms. The summed E-state index contributed by atoms with van der Waals surface area (Å²) in [6.07, 6.45) is 1.11. The number of fused-ring (bicyclic) bond motifs is 1. The van der Waals surface area contributed by atoms with Gasteiger partial charge in [-0.1, -0.05) is 0 Å². The Hall–Kier alpha value is 0.330. The zero-order valence-corrected chi connectivity index (χ0v) is 19.6. The number of nitrogens with zero attached hydrogens (tertiary/aromatic N) is 3. The van der Waals surface area contributed by atoms with Gasteiger partial charge in [-0.25, -0.2) is 4.98 Å². The lowest BCUT2D eigenvalue weighted by atomic mass is 10.3. The Morgan fingerprint density at radius 1 is 1.00 bits per heavy atom. The van der Waals surface area contributed by atoms with Gasteiger partial charge in [-0.3, -0.25) is 0 Å². The number of hydrogen-bond acceptors (Lipinski definition) is 4. The largest absolute Gasteiger partial charge is 0.356 e. The van der Waals surface area contributed by atoms with Crippen molar-refractivity contribution in [2.75, 3.05) is 51.6 Å². The lowest BCUT2D eigenvalue weighted by Crippen LogP contribution is -2.44. The fourth-order valence-corrected chi connectivity index (χ4v) is 5.05. The molecule has 2 N–H and O–H groups in total. The van der Waals surface area contributed by atoms with Crippen LogP contribution in [0.3, 0.4) is 0 Å². The molecule has 1 aromatic carbocycles. The Morgan fingerprint density at radius 2 is 1.67 bits per heavy atom. The number of imidazole rings is 1. The van der Waals surface area contributed by atoms with Gasteiger partial charge in [-0.05, 0) is 83.7 Å². The van der Waals surface area contributed by atoms with Crippen LogP contribution in [0, 0.1) is 0 Å². The highest BCUT2D eigenvalue weighted by molar-refractivity contribution is 9.15. The second kappa shape index (κ2) is 8.35. The molecule has 0 amide bonds. The third kappa shape index (κ3) is 4.17. The lowest BCUT2D eigenvalue weighted by Gasteiger charge is -2.32. The third-order valence-electron chi connectivity index (χ3n) is 4.25. The summed E-state index contributed by atoms with van der Waals surface area (Å²) in [4.78, 5) is 12.9. The molecule has 2 aromatic rings. The monoisotopic (exact) mass is 585 g/mol. The van der Waals surface area contributed by atoms with Gasteiger partial charge < -0.3 is 20.1 Å². The smallest absolute Gasteiger partial charge is 0.201 e. The van der Waals surface area contributed by atoms with Gasteiger partial charge in [0.15, 0.2) is 0 Å². The molecule has 0 radical (unpaired) electrons. The van der Waals surface area contributed by atoms with E-state index in [1.165, 1.54) is 26.2 Å². The van der Waals surface area contributed by atoms with Crippen molar-refractivity contribution in [3.8, 4) is 0 Å². The maximum Gasteiger partial charge on any atom is 0.201 e.